The predicted molar refractivity (Wildman–Crippen MR) is 93.1 cm³/mol. The summed E-state index contributed by atoms with van der Waals surface area (Å²) in [6, 6.07) is 13.5. The zero-order chi connectivity index (χ0) is 17.6. The van der Waals surface area contributed by atoms with Gasteiger partial charge in [0.1, 0.15) is 0 Å². The maximum Gasteiger partial charge on any atom is 0.323 e. The average molecular weight is 337 g/mol. The number of nitrogens with one attached hydrogen (secondary N) is 3. The number of hydrogen-bond donors (Lipinski definition) is 3. The summed E-state index contributed by atoms with van der Waals surface area (Å²) in [5.41, 5.74) is 2.43. The van der Waals surface area contributed by atoms with Crippen LogP contribution in [0.15, 0.2) is 59.3 Å². The topological polar surface area (TPSA) is 109 Å². The molecule has 0 fully saturated rings. The molecule has 3 amide bonds. The van der Waals surface area contributed by atoms with Crippen LogP contribution in [0.4, 0.5) is 21.9 Å². The van der Waals surface area contributed by atoms with Gasteiger partial charge < -0.3 is 20.4 Å². The minimum atomic E-state index is -0.414. The van der Waals surface area contributed by atoms with Crippen LogP contribution in [0.3, 0.4) is 0 Å². The van der Waals surface area contributed by atoms with Crippen molar-refractivity contribution in [3.63, 3.8) is 0 Å². The number of amides is 3. The van der Waals surface area contributed by atoms with Crippen LogP contribution in [0.25, 0.3) is 11.5 Å². The molecule has 0 atom stereocenters. The Morgan fingerprint density at radius 3 is 2.20 bits per heavy atom. The zero-order valence-corrected chi connectivity index (χ0v) is 13.3. The first-order valence-electron chi connectivity index (χ1n) is 7.42. The van der Waals surface area contributed by atoms with Gasteiger partial charge in [-0.3, -0.25) is 4.79 Å². The Hall–Kier alpha value is -3.68. The SMILES string of the molecule is CC(=O)Nc1cccc(NC(=O)Nc2cccc(-c3nnco3)c2)c1. The van der Waals surface area contributed by atoms with Crippen LogP contribution in [-0.4, -0.2) is 22.1 Å². The number of carbonyl (C=O) groups is 2. The van der Waals surface area contributed by atoms with Crippen LogP contribution in [-0.2, 0) is 4.79 Å². The number of urea groups is 1. The van der Waals surface area contributed by atoms with Gasteiger partial charge >= 0.3 is 6.03 Å². The molecule has 0 bridgehead atoms. The van der Waals surface area contributed by atoms with Gasteiger partial charge in [0.05, 0.1) is 0 Å². The van der Waals surface area contributed by atoms with E-state index >= 15 is 0 Å². The maximum atomic E-state index is 12.2. The molecule has 25 heavy (non-hydrogen) atoms. The highest BCUT2D eigenvalue weighted by Gasteiger charge is 2.07. The lowest BCUT2D eigenvalue weighted by Gasteiger charge is -2.09. The molecular formula is C17H15N5O3. The van der Waals surface area contributed by atoms with Gasteiger partial charge in [0.2, 0.25) is 18.2 Å². The van der Waals surface area contributed by atoms with Crippen molar-refractivity contribution in [3.8, 4) is 11.5 Å². The summed E-state index contributed by atoms with van der Waals surface area (Å²) in [6.45, 7) is 1.42. The molecule has 0 saturated carbocycles. The Balaban J connectivity index is 1.67. The Morgan fingerprint density at radius 2 is 1.56 bits per heavy atom. The Morgan fingerprint density at radius 1 is 0.920 bits per heavy atom. The molecule has 8 heteroatoms. The number of carbonyl (C=O) groups excluding carboxylic acids is 2. The molecule has 3 aromatic rings. The zero-order valence-electron chi connectivity index (χ0n) is 13.3. The Labute approximate surface area is 143 Å². The smallest absolute Gasteiger partial charge is 0.323 e. The van der Waals surface area contributed by atoms with E-state index in [4.69, 9.17) is 4.42 Å². The molecular weight excluding hydrogens is 322 g/mol. The summed E-state index contributed by atoms with van der Waals surface area (Å²) < 4.78 is 5.13. The first-order chi connectivity index (χ1) is 12.1. The molecule has 1 aromatic heterocycles. The number of benzene rings is 2. The van der Waals surface area contributed by atoms with Gasteiger partial charge in [0.15, 0.2) is 0 Å². The first kappa shape index (κ1) is 16.2. The van der Waals surface area contributed by atoms with Crippen molar-refractivity contribution in [2.24, 2.45) is 0 Å². The highest BCUT2D eigenvalue weighted by molar-refractivity contribution is 6.00. The van der Waals surface area contributed by atoms with Crippen LogP contribution >= 0.6 is 0 Å². The van der Waals surface area contributed by atoms with Crippen LogP contribution in [0.5, 0.6) is 0 Å². The highest BCUT2D eigenvalue weighted by atomic mass is 16.4. The van der Waals surface area contributed by atoms with Gasteiger partial charge in [-0.15, -0.1) is 10.2 Å². The summed E-state index contributed by atoms with van der Waals surface area (Å²) in [4.78, 5) is 23.2. The third-order valence-electron chi connectivity index (χ3n) is 3.17. The number of hydrogen-bond acceptors (Lipinski definition) is 5. The predicted octanol–water partition coefficient (Wildman–Crippen LogP) is 3.34. The second-order valence-corrected chi connectivity index (χ2v) is 5.17. The average Bonchev–Trinajstić information content (AvgIpc) is 3.09. The van der Waals surface area contributed by atoms with E-state index < -0.39 is 6.03 Å². The first-order valence-corrected chi connectivity index (χ1v) is 7.42. The normalized spacial score (nSPS) is 10.1. The number of nitrogens with zero attached hydrogens (tertiary/aromatic N) is 2. The van der Waals surface area contributed by atoms with E-state index in [2.05, 4.69) is 26.1 Å². The van der Waals surface area contributed by atoms with Crippen molar-refractivity contribution in [2.75, 3.05) is 16.0 Å². The van der Waals surface area contributed by atoms with Crippen LogP contribution < -0.4 is 16.0 Å². The lowest BCUT2D eigenvalue weighted by atomic mass is 10.2. The molecule has 3 N–H and O–H groups in total. The van der Waals surface area contributed by atoms with E-state index in [1.807, 2.05) is 0 Å². The van der Waals surface area contributed by atoms with Crippen molar-refractivity contribution in [2.45, 2.75) is 6.92 Å². The number of anilines is 3. The Kier molecular flexibility index (Phi) is 4.70. The highest BCUT2D eigenvalue weighted by Crippen LogP contribution is 2.21. The van der Waals surface area contributed by atoms with Gasteiger partial charge in [0, 0.05) is 29.5 Å². The molecule has 0 unspecified atom stereocenters. The lowest BCUT2D eigenvalue weighted by Crippen LogP contribution is -2.19. The van der Waals surface area contributed by atoms with Crippen molar-refractivity contribution >= 4 is 29.0 Å². The second kappa shape index (κ2) is 7.26. The quantitative estimate of drug-likeness (QED) is 0.676. The monoisotopic (exact) mass is 337 g/mol. The summed E-state index contributed by atoms with van der Waals surface area (Å²) in [6.07, 6.45) is 1.24. The molecule has 0 spiro atoms. The van der Waals surface area contributed by atoms with Gasteiger partial charge in [-0.05, 0) is 36.4 Å². The summed E-state index contributed by atoms with van der Waals surface area (Å²) >= 11 is 0. The van der Waals surface area contributed by atoms with E-state index in [9.17, 15) is 9.59 Å². The molecule has 0 aliphatic carbocycles. The third kappa shape index (κ3) is 4.41. The minimum absolute atomic E-state index is 0.181. The second-order valence-electron chi connectivity index (χ2n) is 5.17. The summed E-state index contributed by atoms with van der Waals surface area (Å²) in [7, 11) is 0. The van der Waals surface area contributed by atoms with E-state index in [1.54, 1.807) is 48.5 Å². The lowest BCUT2D eigenvalue weighted by molar-refractivity contribution is -0.114. The van der Waals surface area contributed by atoms with Crippen molar-refractivity contribution < 1.29 is 14.0 Å². The number of aromatic nitrogens is 2. The molecule has 0 saturated heterocycles. The Bertz CT molecular complexity index is 893. The molecule has 1 heterocycles. The molecule has 8 nitrogen and oxygen atoms in total. The maximum absolute atomic E-state index is 12.2. The molecule has 0 aliphatic heterocycles. The molecule has 2 aromatic carbocycles. The largest absolute Gasteiger partial charge is 0.423 e. The summed E-state index contributed by atoms with van der Waals surface area (Å²) in [5.74, 6) is 0.187. The van der Waals surface area contributed by atoms with E-state index in [0.29, 0.717) is 28.5 Å². The summed E-state index contributed by atoms with van der Waals surface area (Å²) in [5, 5.41) is 15.5. The van der Waals surface area contributed by atoms with Gasteiger partial charge in [-0.25, -0.2) is 4.79 Å². The van der Waals surface area contributed by atoms with Gasteiger partial charge in [-0.1, -0.05) is 12.1 Å². The molecule has 0 aliphatic rings. The fraction of sp³-hybridized carbons (Fsp3) is 0.0588. The molecule has 126 valence electrons. The molecule has 3 rings (SSSR count). The van der Waals surface area contributed by atoms with Crippen molar-refractivity contribution in [1.29, 1.82) is 0 Å². The van der Waals surface area contributed by atoms with Crippen LogP contribution in [0.2, 0.25) is 0 Å². The minimum Gasteiger partial charge on any atom is -0.423 e. The van der Waals surface area contributed by atoms with Crippen LogP contribution in [0.1, 0.15) is 6.92 Å². The molecule has 0 radical (unpaired) electrons. The van der Waals surface area contributed by atoms with E-state index in [1.165, 1.54) is 13.3 Å². The van der Waals surface area contributed by atoms with E-state index in [0.717, 1.165) is 0 Å². The number of rotatable bonds is 4. The fourth-order valence-electron chi connectivity index (χ4n) is 2.20. The fourth-order valence-corrected chi connectivity index (χ4v) is 2.20. The van der Waals surface area contributed by atoms with Crippen LogP contribution in [0, 0.1) is 0 Å². The third-order valence-corrected chi connectivity index (χ3v) is 3.17. The van der Waals surface area contributed by atoms with Crippen molar-refractivity contribution in [3.05, 3.63) is 54.9 Å². The van der Waals surface area contributed by atoms with E-state index in [-0.39, 0.29) is 5.91 Å². The standard InChI is InChI=1S/C17H15N5O3/c1-11(23)19-14-6-3-7-15(9-14)21-17(24)20-13-5-2-4-12(8-13)16-22-18-10-25-16/h2-10H,1H3,(H,19,23)(H2,20,21,24). The van der Waals surface area contributed by atoms with Crippen molar-refractivity contribution in [1.82, 2.24) is 10.2 Å². The van der Waals surface area contributed by atoms with Gasteiger partial charge in [0.25, 0.3) is 0 Å². The van der Waals surface area contributed by atoms with Gasteiger partial charge in [-0.2, -0.15) is 0 Å².